The molecule has 2 amide bonds. The largest absolute Gasteiger partial charge is 0.491 e. The van der Waals surface area contributed by atoms with Crippen molar-refractivity contribution in [1.82, 2.24) is 10.6 Å². The molecule has 1 unspecified atom stereocenters. The second-order valence-electron chi connectivity index (χ2n) is 17.0. The fraction of sp³-hybridized carbons (Fsp3) is 0.435. The second kappa shape index (κ2) is 22.8. The molecule has 2 aliphatic rings. The lowest BCUT2D eigenvalue weighted by Gasteiger charge is -2.25. The van der Waals surface area contributed by atoms with Gasteiger partial charge >= 0.3 is 5.97 Å². The summed E-state index contributed by atoms with van der Waals surface area (Å²) in [4.78, 5) is 40.5. The number of ether oxygens (including phenoxy) is 3. The van der Waals surface area contributed by atoms with Crippen molar-refractivity contribution < 1.29 is 64.2 Å². The molecule has 5 rings (SSSR count). The summed E-state index contributed by atoms with van der Waals surface area (Å²) in [6.07, 6.45) is 7.06. The van der Waals surface area contributed by atoms with Crippen molar-refractivity contribution in [3.63, 3.8) is 0 Å². The lowest BCUT2D eigenvalue weighted by Crippen LogP contribution is -2.34. The Morgan fingerprint density at radius 3 is 2.26 bits per heavy atom. The fourth-order valence-corrected chi connectivity index (χ4v) is 9.23. The first kappa shape index (κ1) is 52.8. The van der Waals surface area contributed by atoms with Crippen LogP contribution in [0, 0.1) is 0 Å². The Bertz CT molecular complexity index is 2750. The number of nitrogens with one attached hydrogen (secondary N) is 2. The number of carbonyl (C=O) groups excluding carboxylic acids is 2. The van der Waals surface area contributed by atoms with Crippen molar-refractivity contribution in [2.75, 3.05) is 57.5 Å². The molecule has 0 saturated heterocycles. The van der Waals surface area contributed by atoms with Gasteiger partial charge in [-0.1, -0.05) is 31.1 Å². The van der Waals surface area contributed by atoms with Crippen molar-refractivity contribution in [3.8, 4) is 5.75 Å². The van der Waals surface area contributed by atoms with Gasteiger partial charge in [-0.2, -0.15) is 21.4 Å². The van der Waals surface area contributed by atoms with Gasteiger partial charge in [0.15, 0.2) is 11.9 Å². The first-order chi connectivity index (χ1) is 32.1. The maximum Gasteiger partial charge on any atom is 0.329 e. The summed E-state index contributed by atoms with van der Waals surface area (Å²) >= 11 is 0. The van der Waals surface area contributed by atoms with Gasteiger partial charge in [-0.3, -0.25) is 18.7 Å². The number of likely N-dealkylation sites (N-methyl/N-ethyl adjacent to an activating group) is 1. The smallest absolute Gasteiger partial charge is 0.329 e. The highest BCUT2D eigenvalue weighted by molar-refractivity contribution is 7.86. The van der Waals surface area contributed by atoms with E-state index in [0.717, 1.165) is 33.9 Å². The molecule has 68 heavy (non-hydrogen) atoms. The minimum Gasteiger partial charge on any atom is -0.491 e. The van der Waals surface area contributed by atoms with Crippen molar-refractivity contribution in [2.24, 2.45) is 5.11 Å². The molecule has 5 N–H and O–H groups in total. The molecular formula is C46H58N7O13S2+. The Balaban J connectivity index is 1.15. The molecule has 0 bridgehead atoms. The highest BCUT2D eigenvalue weighted by Gasteiger charge is 2.45. The summed E-state index contributed by atoms with van der Waals surface area (Å²) in [5, 5.41) is 17.7. The number of carboxylic acid groups (broad SMARTS) is 1. The van der Waals surface area contributed by atoms with E-state index in [1.54, 1.807) is 30.3 Å². The summed E-state index contributed by atoms with van der Waals surface area (Å²) < 4.78 is 86.0. The zero-order valence-corrected chi connectivity index (χ0v) is 40.2. The normalized spacial score (nSPS) is 16.0. The fourth-order valence-electron chi connectivity index (χ4n) is 8.21. The third-order valence-electron chi connectivity index (χ3n) is 11.6. The molecule has 2 heterocycles. The molecule has 0 radical (unpaired) electrons. The van der Waals surface area contributed by atoms with Gasteiger partial charge in [0.2, 0.25) is 11.6 Å². The monoisotopic (exact) mass is 980 g/mol. The van der Waals surface area contributed by atoms with Crippen LogP contribution in [0.2, 0.25) is 0 Å². The molecule has 0 aromatic heterocycles. The van der Waals surface area contributed by atoms with E-state index in [4.69, 9.17) is 24.8 Å². The van der Waals surface area contributed by atoms with Gasteiger partial charge in [0.25, 0.3) is 26.1 Å². The van der Waals surface area contributed by atoms with Gasteiger partial charge in [0.05, 0.1) is 28.4 Å². The number of carbonyl (C=O) groups is 3. The van der Waals surface area contributed by atoms with Gasteiger partial charge < -0.3 is 34.9 Å². The van der Waals surface area contributed by atoms with Crippen LogP contribution in [-0.4, -0.2) is 118 Å². The molecule has 20 nitrogen and oxygen atoms in total. The van der Waals surface area contributed by atoms with Crippen LogP contribution < -0.4 is 20.3 Å². The van der Waals surface area contributed by atoms with Crippen molar-refractivity contribution in [2.45, 2.75) is 87.2 Å². The minimum atomic E-state index is -4.47. The van der Waals surface area contributed by atoms with E-state index in [9.17, 15) is 40.3 Å². The highest BCUT2D eigenvalue weighted by Crippen LogP contribution is 2.48. The van der Waals surface area contributed by atoms with Crippen LogP contribution >= 0.6 is 0 Å². The Kier molecular flexibility index (Phi) is 17.7. The third kappa shape index (κ3) is 13.3. The van der Waals surface area contributed by atoms with Crippen LogP contribution in [0.1, 0.15) is 81.8 Å². The van der Waals surface area contributed by atoms with Crippen LogP contribution in [0.4, 0.5) is 11.4 Å². The second-order valence-corrected chi connectivity index (χ2v) is 19.8. The summed E-state index contributed by atoms with van der Waals surface area (Å²) in [6, 6.07) is 15.4. The zero-order chi connectivity index (χ0) is 49.9. The van der Waals surface area contributed by atoms with Crippen LogP contribution in [0.5, 0.6) is 5.75 Å². The number of nitrogens with zero attached hydrogens (tertiary/aromatic N) is 5. The molecule has 2 aliphatic heterocycles. The van der Waals surface area contributed by atoms with Gasteiger partial charge in [0.1, 0.15) is 25.5 Å². The number of unbranched alkanes of at least 4 members (excludes halogenated alkanes) is 2. The zero-order valence-electron chi connectivity index (χ0n) is 38.5. The van der Waals surface area contributed by atoms with Crippen LogP contribution in [0.15, 0.2) is 99.5 Å². The van der Waals surface area contributed by atoms with Gasteiger partial charge in [-0.25, -0.2) is 4.79 Å². The van der Waals surface area contributed by atoms with Crippen LogP contribution in [-0.2, 0) is 50.1 Å². The Morgan fingerprint density at radius 2 is 1.59 bits per heavy atom. The molecular weight excluding hydrogens is 923 g/mol. The number of fused-ring (bicyclic) bond motifs is 2. The first-order valence-corrected chi connectivity index (χ1v) is 24.8. The maximum atomic E-state index is 12.8. The maximum absolute atomic E-state index is 12.8. The average Bonchev–Trinajstić information content (AvgIpc) is 3.63. The van der Waals surface area contributed by atoms with E-state index in [0.29, 0.717) is 43.7 Å². The SMILES string of the molecule is CCN1/C(=C/C=C/C2=[N+](CCCCCC(=O)NCCNC(=O)c3cccc(OCC(N=[N+]=[N-])OCCOCC(=O)O)c3)c3ccc(S(=O)(=O)O)cc3C2(C)C)C(C)(C)c2cc(S(=O)(=O)O)ccc21. The third-order valence-corrected chi connectivity index (χ3v) is 13.3. The highest BCUT2D eigenvalue weighted by atomic mass is 32.2. The Morgan fingerprint density at radius 1 is 0.897 bits per heavy atom. The lowest BCUT2D eigenvalue weighted by atomic mass is 9.81. The predicted octanol–water partition coefficient (Wildman–Crippen LogP) is 6.05. The van der Waals surface area contributed by atoms with Crippen molar-refractivity contribution >= 4 is 55.1 Å². The number of anilines is 1. The van der Waals surface area contributed by atoms with E-state index in [2.05, 4.69) is 30.1 Å². The van der Waals surface area contributed by atoms with Gasteiger partial charge in [-0.15, -0.1) is 0 Å². The first-order valence-electron chi connectivity index (χ1n) is 21.9. The number of allylic oxidation sites excluding steroid dienone is 4. The quantitative estimate of drug-likeness (QED) is 0.0161. The van der Waals surface area contributed by atoms with Gasteiger partial charge in [0, 0.05) is 77.5 Å². The summed E-state index contributed by atoms with van der Waals surface area (Å²) in [6.45, 7) is 10.7. The van der Waals surface area contributed by atoms with Crippen LogP contribution in [0.25, 0.3) is 10.4 Å². The topological polar surface area (TPSA) is 287 Å². The number of azide groups is 1. The van der Waals surface area contributed by atoms with Crippen molar-refractivity contribution in [3.05, 3.63) is 112 Å². The minimum absolute atomic E-state index is 0.0350. The average molecular weight is 981 g/mol. The van der Waals surface area contributed by atoms with Crippen molar-refractivity contribution in [1.29, 1.82) is 0 Å². The molecule has 22 heteroatoms. The molecule has 3 aromatic rings. The molecule has 0 fully saturated rings. The van der Waals surface area contributed by atoms with E-state index in [1.807, 2.05) is 52.8 Å². The molecule has 0 spiro atoms. The number of carboxylic acids is 1. The number of benzene rings is 3. The number of hydrogen-bond acceptors (Lipinski definition) is 12. The standard InChI is InChI=1S/C46H57N7O13S2/c1-6-52-37-19-17-33(67(58,59)60)27-35(37)45(2,3)39(52)14-11-15-40-46(4,5)36-28-34(68(61,62)63)18-20-38(36)53(40)23-9-7-8-16-41(54)48-21-22-49-44(57)31-12-10-13-32(26-31)66-29-42(50-51-47)65-25-24-64-30-43(55)56/h10-15,17-20,26-28,42H,6-9,16,21-25,29-30H2,1-5H3,(H4-,48,49,54,55,56,57,58,59,60,61,62,63)/p+1. The number of amides is 2. The molecule has 0 saturated carbocycles. The molecule has 1 atom stereocenters. The van der Waals surface area contributed by atoms with E-state index in [-0.39, 0.29) is 55.0 Å². The van der Waals surface area contributed by atoms with E-state index in [1.165, 1.54) is 30.3 Å². The van der Waals surface area contributed by atoms with Crippen LogP contribution in [0.3, 0.4) is 0 Å². The van der Waals surface area contributed by atoms with Gasteiger partial charge in [-0.05, 0) is 99.3 Å². The lowest BCUT2D eigenvalue weighted by molar-refractivity contribution is -0.438. The molecule has 366 valence electrons. The van der Waals surface area contributed by atoms with E-state index >= 15 is 0 Å². The van der Waals surface area contributed by atoms with E-state index < -0.39 is 55.8 Å². The molecule has 0 aliphatic carbocycles. The predicted molar refractivity (Wildman–Crippen MR) is 252 cm³/mol. The summed E-state index contributed by atoms with van der Waals surface area (Å²) in [5.41, 5.74) is 12.7. The summed E-state index contributed by atoms with van der Waals surface area (Å²) in [5.74, 6) is -1.40. The number of rotatable bonds is 25. The number of aliphatic carboxylic acids is 1. The molecule has 3 aromatic carbocycles. The Hall–Kier alpha value is -6.13. The summed E-state index contributed by atoms with van der Waals surface area (Å²) in [7, 11) is -8.89. The number of hydrogen-bond donors (Lipinski definition) is 5. The Labute approximate surface area is 395 Å².